The number of aliphatic hydroxyl groups is 1. The van der Waals surface area contributed by atoms with Gasteiger partial charge in [0.2, 0.25) is 0 Å². The molecule has 96 valence electrons. The van der Waals surface area contributed by atoms with Crippen LogP contribution in [0.5, 0.6) is 0 Å². The maximum Gasteiger partial charge on any atom is 0.306 e. The van der Waals surface area contributed by atoms with E-state index in [1.165, 1.54) is 17.1 Å². The van der Waals surface area contributed by atoms with Gasteiger partial charge in [-0.15, -0.1) is 0 Å². The van der Waals surface area contributed by atoms with Gasteiger partial charge in [0.15, 0.2) is 0 Å². The standard InChI is InChI=1S/C10H18N4O3/c1-8(2)3-11-5-10(15)7-13-6-9(4-12-13)14(16)17/h4,6,8,10-11,15H,3,5,7H2,1-2H3. The zero-order valence-corrected chi connectivity index (χ0v) is 10.0. The van der Waals surface area contributed by atoms with Gasteiger partial charge in [-0.1, -0.05) is 13.8 Å². The first-order valence-electron chi connectivity index (χ1n) is 5.54. The molecule has 2 N–H and O–H groups in total. The molecular weight excluding hydrogens is 224 g/mol. The Morgan fingerprint density at radius 3 is 2.82 bits per heavy atom. The van der Waals surface area contributed by atoms with Crippen molar-refractivity contribution in [1.82, 2.24) is 15.1 Å². The molecule has 1 heterocycles. The van der Waals surface area contributed by atoms with E-state index in [9.17, 15) is 15.2 Å². The highest BCUT2D eigenvalue weighted by Crippen LogP contribution is 2.07. The molecule has 7 heteroatoms. The Balaban J connectivity index is 2.34. The minimum absolute atomic E-state index is 0.0626. The summed E-state index contributed by atoms with van der Waals surface area (Å²) in [5.41, 5.74) is -0.0626. The number of nitrogens with zero attached hydrogens (tertiary/aromatic N) is 3. The van der Waals surface area contributed by atoms with Crippen LogP contribution < -0.4 is 5.32 Å². The van der Waals surface area contributed by atoms with E-state index < -0.39 is 11.0 Å². The number of rotatable bonds is 7. The number of nitro groups is 1. The first kappa shape index (κ1) is 13.6. The molecule has 0 amide bonds. The van der Waals surface area contributed by atoms with Gasteiger partial charge in [0.1, 0.15) is 12.4 Å². The third kappa shape index (κ3) is 4.92. The molecule has 0 saturated heterocycles. The summed E-state index contributed by atoms with van der Waals surface area (Å²) in [5.74, 6) is 0.521. The van der Waals surface area contributed by atoms with Crippen molar-refractivity contribution in [2.45, 2.75) is 26.5 Å². The first-order valence-corrected chi connectivity index (χ1v) is 5.54. The summed E-state index contributed by atoms with van der Waals surface area (Å²) in [7, 11) is 0. The maximum absolute atomic E-state index is 10.4. The molecule has 1 rings (SSSR count). The Morgan fingerprint density at radius 1 is 1.59 bits per heavy atom. The summed E-state index contributed by atoms with van der Waals surface area (Å²) in [4.78, 5) is 9.92. The smallest absolute Gasteiger partial charge is 0.306 e. The molecule has 0 aliphatic rings. The third-order valence-corrected chi connectivity index (χ3v) is 2.16. The molecule has 1 atom stereocenters. The van der Waals surface area contributed by atoms with Crippen molar-refractivity contribution < 1.29 is 10.0 Å². The molecule has 1 aromatic rings. The highest BCUT2D eigenvalue weighted by Gasteiger charge is 2.11. The Morgan fingerprint density at radius 2 is 2.29 bits per heavy atom. The van der Waals surface area contributed by atoms with Gasteiger partial charge in [-0.3, -0.25) is 14.8 Å². The van der Waals surface area contributed by atoms with Crippen molar-refractivity contribution in [3.63, 3.8) is 0 Å². The fraction of sp³-hybridized carbons (Fsp3) is 0.700. The van der Waals surface area contributed by atoms with Gasteiger partial charge in [0.05, 0.1) is 17.6 Å². The predicted octanol–water partition coefficient (Wildman–Crippen LogP) is 0.398. The lowest BCUT2D eigenvalue weighted by Crippen LogP contribution is -2.32. The summed E-state index contributed by atoms with van der Waals surface area (Å²) in [6.45, 7) is 5.69. The second kappa shape index (κ2) is 6.31. The van der Waals surface area contributed by atoms with E-state index in [0.717, 1.165) is 6.54 Å². The fourth-order valence-corrected chi connectivity index (χ4v) is 1.37. The summed E-state index contributed by atoms with van der Waals surface area (Å²) in [6, 6.07) is 0. The first-order chi connectivity index (χ1) is 7.99. The zero-order chi connectivity index (χ0) is 12.8. The van der Waals surface area contributed by atoms with Crippen LogP contribution in [0.25, 0.3) is 0 Å². The van der Waals surface area contributed by atoms with E-state index in [2.05, 4.69) is 24.3 Å². The Hall–Kier alpha value is -1.47. The van der Waals surface area contributed by atoms with Crippen molar-refractivity contribution in [3.05, 3.63) is 22.5 Å². The lowest BCUT2D eigenvalue weighted by atomic mass is 10.2. The molecule has 1 unspecified atom stereocenters. The van der Waals surface area contributed by atoms with Gasteiger partial charge in [-0.2, -0.15) is 5.10 Å². The molecule has 0 aliphatic heterocycles. The molecule has 0 saturated carbocycles. The minimum Gasteiger partial charge on any atom is -0.390 e. The Labute approximate surface area is 99.6 Å². The number of hydrogen-bond acceptors (Lipinski definition) is 5. The molecule has 0 aliphatic carbocycles. The number of nitrogens with one attached hydrogen (secondary N) is 1. The van der Waals surface area contributed by atoms with Crippen LogP contribution in [0.15, 0.2) is 12.4 Å². The maximum atomic E-state index is 10.4. The lowest BCUT2D eigenvalue weighted by Gasteiger charge is -2.12. The monoisotopic (exact) mass is 242 g/mol. The molecule has 17 heavy (non-hydrogen) atoms. The van der Waals surface area contributed by atoms with Crippen molar-refractivity contribution in [1.29, 1.82) is 0 Å². The predicted molar refractivity (Wildman–Crippen MR) is 62.6 cm³/mol. The van der Waals surface area contributed by atoms with Crippen LogP contribution in [0, 0.1) is 16.0 Å². The quantitative estimate of drug-likeness (QED) is 0.533. The molecule has 1 aromatic heterocycles. The Bertz CT molecular complexity index is 364. The molecule has 0 fully saturated rings. The second-order valence-corrected chi connectivity index (χ2v) is 4.38. The summed E-state index contributed by atoms with van der Waals surface area (Å²) >= 11 is 0. The number of aromatic nitrogens is 2. The normalized spacial score (nSPS) is 12.9. The van der Waals surface area contributed by atoms with Gasteiger partial charge in [-0.25, -0.2) is 0 Å². The Kier molecular flexibility index (Phi) is 5.05. The topological polar surface area (TPSA) is 93.2 Å². The van der Waals surface area contributed by atoms with Crippen molar-refractivity contribution in [2.24, 2.45) is 5.92 Å². The highest BCUT2D eigenvalue weighted by atomic mass is 16.6. The van der Waals surface area contributed by atoms with E-state index in [4.69, 9.17) is 0 Å². The molecular formula is C10H18N4O3. The third-order valence-electron chi connectivity index (χ3n) is 2.16. The minimum atomic E-state index is -0.603. The van der Waals surface area contributed by atoms with Crippen LogP contribution in [0.3, 0.4) is 0 Å². The number of hydrogen-bond donors (Lipinski definition) is 2. The average Bonchev–Trinajstić information content (AvgIpc) is 2.65. The number of aliphatic hydroxyl groups excluding tert-OH is 1. The van der Waals surface area contributed by atoms with Crippen molar-refractivity contribution >= 4 is 5.69 Å². The average molecular weight is 242 g/mol. The molecule has 0 aromatic carbocycles. The lowest BCUT2D eigenvalue weighted by molar-refractivity contribution is -0.385. The van der Waals surface area contributed by atoms with E-state index in [-0.39, 0.29) is 12.2 Å². The fourth-order valence-electron chi connectivity index (χ4n) is 1.37. The summed E-state index contributed by atoms with van der Waals surface area (Å²) in [6.07, 6.45) is 1.88. The van der Waals surface area contributed by atoms with E-state index in [0.29, 0.717) is 12.5 Å². The van der Waals surface area contributed by atoms with Gasteiger partial charge in [0.25, 0.3) is 0 Å². The van der Waals surface area contributed by atoms with E-state index >= 15 is 0 Å². The molecule has 0 bridgehead atoms. The van der Waals surface area contributed by atoms with Gasteiger partial charge < -0.3 is 10.4 Å². The summed E-state index contributed by atoms with van der Waals surface area (Å²) in [5, 5.41) is 27.0. The molecule has 7 nitrogen and oxygen atoms in total. The van der Waals surface area contributed by atoms with E-state index in [1.54, 1.807) is 0 Å². The van der Waals surface area contributed by atoms with Crippen LogP contribution in [0.4, 0.5) is 5.69 Å². The zero-order valence-electron chi connectivity index (χ0n) is 10.0. The molecule has 0 spiro atoms. The van der Waals surface area contributed by atoms with E-state index in [1.807, 2.05) is 0 Å². The van der Waals surface area contributed by atoms with Crippen molar-refractivity contribution in [3.8, 4) is 0 Å². The van der Waals surface area contributed by atoms with Crippen LogP contribution in [-0.4, -0.2) is 39.0 Å². The van der Waals surface area contributed by atoms with Gasteiger partial charge in [-0.05, 0) is 12.5 Å². The van der Waals surface area contributed by atoms with Crippen LogP contribution >= 0.6 is 0 Å². The molecule has 0 radical (unpaired) electrons. The van der Waals surface area contributed by atoms with Gasteiger partial charge in [0, 0.05) is 6.54 Å². The highest BCUT2D eigenvalue weighted by molar-refractivity contribution is 5.20. The summed E-state index contributed by atoms with van der Waals surface area (Å²) < 4.78 is 1.37. The van der Waals surface area contributed by atoms with Crippen LogP contribution in [0.1, 0.15) is 13.8 Å². The van der Waals surface area contributed by atoms with Crippen molar-refractivity contribution in [2.75, 3.05) is 13.1 Å². The van der Waals surface area contributed by atoms with Crippen LogP contribution in [-0.2, 0) is 6.54 Å². The van der Waals surface area contributed by atoms with Crippen LogP contribution in [0.2, 0.25) is 0 Å². The SMILES string of the molecule is CC(C)CNCC(O)Cn1cc([N+](=O)[O-])cn1. The second-order valence-electron chi connectivity index (χ2n) is 4.38. The van der Waals surface area contributed by atoms with Gasteiger partial charge >= 0.3 is 5.69 Å². The largest absolute Gasteiger partial charge is 0.390 e.